The van der Waals surface area contributed by atoms with Gasteiger partial charge in [-0.2, -0.15) is 0 Å². The van der Waals surface area contributed by atoms with E-state index in [0.717, 1.165) is 18.5 Å². The van der Waals surface area contributed by atoms with Gasteiger partial charge in [0.05, 0.1) is 22.8 Å². The van der Waals surface area contributed by atoms with E-state index in [1.54, 1.807) is 25.3 Å². The van der Waals surface area contributed by atoms with Crippen LogP contribution >= 0.6 is 23.2 Å². The summed E-state index contributed by atoms with van der Waals surface area (Å²) in [5, 5.41) is 11.4. The molecule has 1 aliphatic carbocycles. The Hall–Kier alpha value is -2.12. The van der Waals surface area contributed by atoms with Gasteiger partial charge >= 0.3 is 5.97 Å². The van der Waals surface area contributed by atoms with Crippen molar-refractivity contribution in [3.8, 4) is 0 Å². The molecule has 1 fully saturated rings. The number of esters is 1. The average Bonchev–Trinajstić information content (AvgIpc) is 3.36. The summed E-state index contributed by atoms with van der Waals surface area (Å²) in [5.74, 6) is -0.582. The zero-order chi connectivity index (χ0) is 18.9. The molecule has 7 nitrogen and oxygen atoms in total. The van der Waals surface area contributed by atoms with Gasteiger partial charge in [0.1, 0.15) is 6.54 Å². The number of rotatable bonds is 6. The van der Waals surface area contributed by atoms with Gasteiger partial charge in [-0.3, -0.25) is 4.79 Å². The minimum Gasteiger partial charge on any atom is -0.467 e. The van der Waals surface area contributed by atoms with Crippen molar-refractivity contribution >= 4 is 35.1 Å². The van der Waals surface area contributed by atoms with E-state index >= 15 is 0 Å². The van der Waals surface area contributed by atoms with Crippen molar-refractivity contribution in [1.82, 2.24) is 20.3 Å². The van der Waals surface area contributed by atoms with Gasteiger partial charge in [-0.25, -0.2) is 9.48 Å². The molecular formula is C17H18Cl2N4O3. The van der Waals surface area contributed by atoms with Crippen LogP contribution in [0.25, 0.3) is 0 Å². The van der Waals surface area contributed by atoms with Crippen LogP contribution in [0.5, 0.6) is 0 Å². The number of benzene rings is 1. The molecule has 138 valence electrons. The third-order valence-corrected chi connectivity index (χ3v) is 5.08. The summed E-state index contributed by atoms with van der Waals surface area (Å²) in [5.41, 5.74) is -0.0673. The first-order chi connectivity index (χ1) is 12.3. The van der Waals surface area contributed by atoms with Crippen LogP contribution in [0.15, 0.2) is 24.4 Å². The van der Waals surface area contributed by atoms with Crippen LogP contribution in [0.3, 0.4) is 0 Å². The first kappa shape index (κ1) is 18.7. The van der Waals surface area contributed by atoms with E-state index in [1.165, 1.54) is 17.9 Å². The van der Waals surface area contributed by atoms with Gasteiger partial charge in [-0.15, -0.1) is 5.10 Å². The van der Waals surface area contributed by atoms with Crippen molar-refractivity contribution in [3.05, 3.63) is 45.7 Å². The minimum atomic E-state index is -1.42. The van der Waals surface area contributed by atoms with Gasteiger partial charge in [0.15, 0.2) is 5.54 Å². The predicted octanol–water partition coefficient (Wildman–Crippen LogP) is 2.67. The number of hydrogen-bond donors (Lipinski definition) is 1. The van der Waals surface area contributed by atoms with Gasteiger partial charge in [0, 0.05) is 12.1 Å². The van der Waals surface area contributed by atoms with Crippen molar-refractivity contribution in [2.24, 2.45) is 0 Å². The van der Waals surface area contributed by atoms with E-state index in [1.807, 2.05) is 0 Å². The third kappa shape index (κ3) is 3.83. The first-order valence-corrected chi connectivity index (χ1v) is 8.84. The standard InChI is InChI=1S/C17H18Cl2N4O3/c1-17(16(25)26-2,11-5-6-12(18)13(19)7-11)20-15(24)9-23-8-14(21-22-23)10-3-4-10/h5-8,10H,3-4,9H2,1-2H3,(H,20,24). The second-order valence-corrected chi connectivity index (χ2v) is 7.22. The predicted molar refractivity (Wildman–Crippen MR) is 96.0 cm³/mol. The summed E-state index contributed by atoms with van der Waals surface area (Å²) in [6.07, 6.45) is 3.96. The summed E-state index contributed by atoms with van der Waals surface area (Å²) in [6.45, 7) is 1.49. The molecule has 1 N–H and O–H groups in total. The molecule has 1 amide bonds. The lowest BCUT2D eigenvalue weighted by atomic mass is 9.92. The van der Waals surface area contributed by atoms with E-state index < -0.39 is 17.4 Å². The average molecular weight is 397 g/mol. The molecule has 1 aromatic heterocycles. The molecule has 0 bridgehead atoms. The fourth-order valence-corrected chi connectivity index (χ4v) is 2.97. The lowest BCUT2D eigenvalue weighted by molar-refractivity contribution is -0.150. The highest BCUT2D eigenvalue weighted by molar-refractivity contribution is 6.42. The third-order valence-electron chi connectivity index (χ3n) is 4.34. The van der Waals surface area contributed by atoms with E-state index in [9.17, 15) is 9.59 Å². The molecule has 0 aliphatic heterocycles. The lowest BCUT2D eigenvalue weighted by Crippen LogP contribution is -2.51. The zero-order valence-electron chi connectivity index (χ0n) is 14.3. The molecule has 0 saturated heterocycles. The summed E-state index contributed by atoms with van der Waals surface area (Å²) in [6, 6.07) is 4.71. The monoisotopic (exact) mass is 396 g/mol. The first-order valence-electron chi connectivity index (χ1n) is 8.08. The van der Waals surface area contributed by atoms with Gasteiger partial charge in [0.25, 0.3) is 0 Å². The molecule has 9 heteroatoms. The number of ether oxygens (including phenoxy) is 1. The Labute approximate surface area is 160 Å². The number of nitrogens with zero attached hydrogens (tertiary/aromatic N) is 3. The van der Waals surface area contributed by atoms with Crippen molar-refractivity contribution < 1.29 is 14.3 Å². The maximum Gasteiger partial charge on any atom is 0.336 e. The number of aromatic nitrogens is 3. The van der Waals surface area contributed by atoms with Crippen LogP contribution in [0.4, 0.5) is 0 Å². The smallest absolute Gasteiger partial charge is 0.336 e. The second-order valence-electron chi connectivity index (χ2n) is 6.41. The summed E-state index contributed by atoms with van der Waals surface area (Å²) in [4.78, 5) is 24.9. The second kappa shape index (κ2) is 7.25. The van der Waals surface area contributed by atoms with Gasteiger partial charge < -0.3 is 10.1 Å². The number of carbonyl (C=O) groups is 2. The van der Waals surface area contributed by atoms with Gasteiger partial charge in [-0.05, 0) is 37.5 Å². The van der Waals surface area contributed by atoms with Crippen LogP contribution in [-0.2, 0) is 26.4 Å². The summed E-state index contributed by atoms with van der Waals surface area (Å²) in [7, 11) is 1.25. The molecule has 2 aromatic rings. The molecule has 1 aliphatic rings. The van der Waals surface area contributed by atoms with Gasteiger partial charge in [-0.1, -0.05) is 34.5 Å². The summed E-state index contributed by atoms with van der Waals surface area (Å²) < 4.78 is 6.32. The number of carbonyl (C=O) groups excluding carboxylic acids is 2. The Balaban J connectivity index is 1.79. The molecule has 1 heterocycles. The fourth-order valence-electron chi connectivity index (χ4n) is 2.67. The van der Waals surface area contributed by atoms with Crippen LogP contribution in [0.2, 0.25) is 10.0 Å². The number of methoxy groups -OCH3 is 1. The van der Waals surface area contributed by atoms with Crippen LogP contribution in [0.1, 0.15) is 36.9 Å². The van der Waals surface area contributed by atoms with Crippen molar-refractivity contribution in [1.29, 1.82) is 0 Å². The Bertz CT molecular complexity index is 850. The Morgan fingerprint density at radius 1 is 1.35 bits per heavy atom. The van der Waals surface area contributed by atoms with Crippen molar-refractivity contribution in [3.63, 3.8) is 0 Å². The normalized spacial score (nSPS) is 16.0. The molecule has 1 unspecified atom stereocenters. The molecule has 0 spiro atoms. The number of amides is 1. The largest absolute Gasteiger partial charge is 0.467 e. The molecule has 1 saturated carbocycles. The van der Waals surface area contributed by atoms with E-state index in [-0.39, 0.29) is 11.6 Å². The zero-order valence-corrected chi connectivity index (χ0v) is 15.8. The van der Waals surface area contributed by atoms with E-state index in [2.05, 4.69) is 15.6 Å². The van der Waals surface area contributed by atoms with E-state index in [4.69, 9.17) is 27.9 Å². The SMILES string of the molecule is COC(=O)C(C)(NC(=O)Cn1cc(C2CC2)nn1)c1ccc(Cl)c(Cl)c1. The quantitative estimate of drug-likeness (QED) is 0.758. The Morgan fingerprint density at radius 2 is 2.08 bits per heavy atom. The molecule has 1 atom stereocenters. The van der Waals surface area contributed by atoms with Crippen LogP contribution in [-0.4, -0.2) is 34.0 Å². The number of halogens is 2. The van der Waals surface area contributed by atoms with Gasteiger partial charge in [0.2, 0.25) is 5.91 Å². The van der Waals surface area contributed by atoms with Crippen molar-refractivity contribution in [2.75, 3.05) is 7.11 Å². The Kier molecular flexibility index (Phi) is 5.20. The number of nitrogens with one attached hydrogen (secondary N) is 1. The summed E-state index contributed by atoms with van der Waals surface area (Å²) >= 11 is 12.0. The molecule has 26 heavy (non-hydrogen) atoms. The molecule has 3 rings (SSSR count). The topological polar surface area (TPSA) is 86.1 Å². The maximum absolute atomic E-state index is 12.5. The molecule has 1 aromatic carbocycles. The highest BCUT2D eigenvalue weighted by Gasteiger charge is 2.38. The maximum atomic E-state index is 12.5. The van der Waals surface area contributed by atoms with Crippen molar-refractivity contribution in [2.45, 2.75) is 37.8 Å². The lowest BCUT2D eigenvalue weighted by Gasteiger charge is -2.28. The number of hydrogen-bond acceptors (Lipinski definition) is 5. The molecular weight excluding hydrogens is 379 g/mol. The fraction of sp³-hybridized carbons (Fsp3) is 0.412. The van der Waals surface area contributed by atoms with E-state index in [0.29, 0.717) is 16.5 Å². The van der Waals surface area contributed by atoms with Crippen LogP contribution < -0.4 is 5.32 Å². The highest BCUT2D eigenvalue weighted by Crippen LogP contribution is 2.38. The minimum absolute atomic E-state index is 0.0619. The Morgan fingerprint density at radius 3 is 2.69 bits per heavy atom. The highest BCUT2D eigenvalue weighted by atomic mass is 35.5. The van der Waals surface area contributed by atoms with Crippen LogP contribution in [0, 0.1) is 0 Å². The molecule has 0 radical (unpaired) electrons.